The molecule has 1 aliphatic heterocycles. The standard InChI is InChI=1S/C20H26N2O2/c1-24-20-10-6-5-9-19(20)22-13-11-21(12-14-22)16-18(23)15-17-7-3-2-4-8-17/h2-10,18,23H,11-16H2,1H3. The second kappa shape index (κ2) is 8.18. The first kappa shape index (κ1) is 16.8. The Bertz CT molecular complexity index is 625. The zero-order chi connectivity index (χ0) is 16.8. The van der Waals surface area contributed by atoms with Gasteiger partial charge in [0.05, 0.1) is 18.9 Å². The summed E-state index contributed by atoms with van der Waals surface area (Å²) in [6, 6.07) is 18.4. The Hall–Kier alpha value is -2.04. The average molecular weight is 326 g/mol. The molecule has 0 saturated carbocycles. The molecule has 2 aromatic carbocycles. The zero-order valence-electron chi connectivity index (χ0n) is 14.3. The van der Waals surface area contributed by atoms with Crippen LogP contribution in [0.25, 0.3) is 0 Å². The lowest BCUT2D eigenvalue weighted by atomic mass is 10.1. The summed E-state index contributed by atoms with van der Waals surface area (Å²) in [6.45, 7) is 4.57. The van der Waals surface area contributed by atoms with Gasteiger partial charge in [0, 0.05) is 32.7 Å². The Kier molecular flexibility index (Phi) is 5.72. The third-order valence-electron chi connectivity index (χ3n) is 4.58. The molecule has 0 bridgehead atoms. The lowest BCUT2D eigenvalue weighted by Crippen LogP contribution is -2.48. The van der Waals surface area contributed by atoms with Gasteiger partial charge in [0.25, 0.3) is 0 Å². The van der Waals surface area contributed by atoms with Crippen LogP contribution in [0.1, 0.15) is 5.56 Å². The minimum absolute atomic E-state index is 0.315. The number of aliphatic hydroxyl groups is 1. The number of hydrogen-bond acceptors (Lipinski definition) is 4. The van der Waals surface area contributed by atoms with E-state index in [9.17, 15) is 5.11 Å². The molecule has 0 aliphatic carbocycles. The van der Waals surface area contributed by atoms with Gasteiger partial charge in [0.1, 0.15) is 5.75 Å². The number of piperazine rings is 1. The quantitative estimate of drug-likeness (QED) is 0.884. The van der Waals surface area contributed by atoms with Gasteiger partial charge in [-0.25, -0.2) is 0 Å². The maximum atomic E-state index is 10.3. The number of hydrogen-bond donors (Lipinski definition) is 1. The van der Waals surface area contributed by atoms with Crippen molar-refractivity contribution in [3.05, 3.63) is 60.2 Å². The van der Waals surface area contributed by atoms with Crippen LogP contribution in [0.4, 0.5) is 5.69 Å². The molecule has 128 valence electrons. The van der Waals surface area contributed by atoms with Gasteiger partial charge < -0.3 is 14.7 Å². The summed E-state index contributed by atoms with van der Waals surface area (Å²) in [5, 5.41) is 10.3. The van der Waals surface area contributed by atoms with E-state index in [1.165, 1.54) is 5.56 Å². The Morgan fingerprint density at radius 3 is 2.33 bits per heavy atom. The number of nitrogens with zero attached hydrogens (tertiary/aromatic N) is 2. The molecule has 3 rings (SSSR count). The molecule has 1 aliphatic rings. The molecule has 0 amide bonds. The maximum absolute atomic E-state index is 10.3. The summed E-state index contributed by atoms with van der Waals surface area (Å²) in [5.74, 6) is 0.926. The van der Waals surface area contributed by atoms with Crippen LogP contribution in [0.15, 0.2) is 54.6 Å². The summed E-state index contributed by atoms with van der Waals surface area (Å²) >= 11 is 0. The number of aliphatic hydroxyl groups excluding tert-OH is 1. The van der Waals surface area contributed by atoms with Gasteiger partial charge in [-0.05, 0) is 24.1 Å². The smallest absolute Gasteiger partial charge is 0.142 e. The SMILES string of the molecule is COc1ccccc1N1CCN(CC(O)Cc2ccccc2)CC1. The second-order valence-electron chi connectivity index (χ2n) is 6.30. The lowest BCUT2D eigenvalue weighted by Gasteiger charge is -2.37. The van der Waals surface area contributed by atoms with Crippen molar-refractivity contribution in [2.75, 3.05) is 44.7 Å². The molecule has 1 unspecified atom stereocenters. The van der Waals surface area contributed by atoms with Gasteiger partial charge >= 0.3 is 0 Å². The number of rotatable bonds is 6. The highest BCUT2D eigenvalue weighted by Crippen LogP contribution is 2.28. The predicted octanol–water partition coefficient (Wildman–Crippen LogP) is 2.42. The van der Waals surface area contributed by atoms with E-state index in [4.69, 9.17) is 4.74 Å². The molecule has 0 aromatic heterocycles. The first-order valence-electron chi connectivity index (χ1n) is 8.58. The largest absolute Gasteiger partial charge is 0.495 e. The van der Waals surface area contributed by atoms with Crippen molar-refractivity contribution in [3.63, 3.8) is 0 Å². The molecule has 4 heteroatoms. The summed E-state index contributed by atoms with van der Waals surface area (Å²) in [4.78, 5) is 4.71. The Balaban J connectivity index is 1.50. The second-order valence-corrected chi connectivity index (χ2v) is 6.30. The summed E-state index contributed by atoms with van der Waals surface area (Å²) in [7, 11) is 1.72. The van der Waals surface area contributed by atoms with E-state index in [2.05, 4.69) is 28.0 Å². The normalized spacial score (nSPS) is 16.8. The van der Waals surface area contributed by atoms with Crippen molar-refractivity contribution in [2.24, 2.45) is 0 Å². The molecule has 24 heavy (non-hydrogen) atoms. The van der Waals surface area contributed by atoms with Crippen molar-refractivity contribution < 1.29 is 9.84 Å². The minimum atomic E-state index is -0.315. The molecule has 4 nitrogen and oxygen atoms in total. The van der Waals surface area contributed by atoms with Gasteiger partial charge in [-0.15, -0.1) is 0 Å². The van der Waals surface area contributed by atoms with Gasteiger partial charge in [0.15, 0.2) is 0 Å². The molecular weight excluding hydrogens is 300 g/mol. The fraction of sp³-hybridized carbons (Fsp3) is 0.400. The molecule has 0 spiro atoms. The van der Waals surface area contributed by atoms with E-state index in [0.717, 1.165) is 44.2 Å². The number of benzene rings is 2. The third kappa shape index (κ3) is 4.28. The topological polar surface area (TPSA) is 35.9 Å². The van der Waals surface area contributed by atoms with E-state index < -0.39 is 0 Å². The number of para-hydroxylation sites is 2. The van der Waals surface area contributed by atoms with Crippen LogP contribution >= 0.6 is 0 Å². The minimum Gasteiger partial charge on any atom is -0.495 e. The van der Waals surface area contributed by atoms with Gasteiger partial charge in [0.2, 0.25) is 0 Å². The Labute approximate surface area is 144 Å². The first-order valence-corrected chi connectivity index (χ1v) is 8.58. The van der Waals surface area contributed by atoms with Crippen LogP contribution in [0.5, 0.6) is 5.75 Å². The molecule has 1 saturated heterocycles. The lowest BCUT2D eigenvalue weighted by molar-refractivity contribution is 0.109. The number of anilines is 1. The van der Waals surface area contributed by atoms with Crippen LogP contribution in [0.3, 0.4) is 0 Å². The monoisotopic (exact) mass is 326 g/mol. The number of ether oxygens (including phenoxy) is 1. The Morgan fingerprint density at radius 1 is 0.958 bits per heavy atom. The number of β-amino-alcohol motifs (C(OH)–C–C–N with tert-alkyl or cyclic N) is 1. The maximum Gasteiger partial charge on any atom is 0.142 e. The molecular formula is C20H26N2O2. The van der Waals surface area contributed by atoms with Crippen molar-refractivity contribution in [3.8, 4) is 5.75 Å². The van der Waals surface area contributed by atoms with Gasteiger partial charge in [-0.1, -0.05) is 42.5 Å². The van der Waals surface area contributed by atoms with Gasteiger partial charge in [-0.3, -0.25) is 4.90 Å². The summed E-state index contributed by atoms with van der Waals surface area (Å²) in [6.07, 6.45) is 0.401. The fourth-order valence-electron chi connectivity index (χ4n) is 3.31. The van der Waals surface area contributed by atoms with E-state index >= 15 is 0 Å². The van der Waals surface area contributed by atoms with Crippen molar-refractivity contribution in [2.45, 2.75) is 12.5 Å². The highest BCUT2D eigenvalue weighted by Gasteiger charge is 2.21. The molecule has 1 atom stereocenters. The molecule has 1 heterocycles. The number of methoxy groups -OCH3 is 1. The van der Waals surface area contributed by atoms with E-state index in [-0.39, 0.29) is 6.10 Å². The van der Waals surface area contributed by atoms with E-state index in [1.54, 1.807) is 7.11 Å². The van der Waals surface area contributed by atoms with Crippen molar-refractivity contribution >= 4 is 5.69 Å². The predicted molar refractivity (Wildman–Crippen MR) is 97.8 cm³/mol. The highest BCUT2D eigenvalue weighted by molar-refractivity contribution is 5.58. The van der Waals surface area contributed by atoms with Crippen molar-refractivity contribution in [1.82, 2.24) is 4.90 Å². The van der Waals surface area contributed by atoms with Crippen LogP contribution in [-0.2, 0) is 6.42 Å². The molecule has 1 N–H and O–H groups in total. The zero-order valence-corrected chi connectivity index (χ0v) is 14.3. The van der Waals surface area contributed by atoms with Crippen LogP contribution in [-0.4, -0.2) is 55.9 Å². The third-order valence-corrected chi connectivity index (χ3v) is 4.58. The summed E-state index contributed by atoms with van der Waals surface area (Å²) < 4.78 is 5.46. The molecule has 1 fully saturated rings. The summed E-state index contributed by atoms with van der Waals surface area (Å²) in [5.41, 5.74) is 2.35. The van der Waals surface area contributed by atoms with E-state index in [0.29, 0.717) is 6.42 Å². The molecule has 0 radical (unpaired) electrons. The van der Waals surface area contributed by atoms with Crippen molar-refractivity contribution in [1.29, 1.82) is 0 Å². The van der Waals surface area contributed by atoms with Crippen LogP contribution in [0, 0.1) is 0 Å². The Morgan fingerprint density at radius 2 is 1.62 bits per heavy atom. The first-order chi connectivity index (χ1) is 11.8. The average Bonchev–Trinajstić information content (AvgIpc) is 2.63. The van der Waals surface area contributed by atoms with E-state index in [1.807, 2.05) is 36.4 Å². The van der Waals surface area contributed by atoms with Gasteiger partial charge in [-0.2, -0.15) is 0 Å². The van der Waals surface area contributed by atoms with Crippen LogP contribution < -0.4 is 9.64 Å². The van der Waals surface area contributed by atoms with Crippen LogP contribution in [0.2, 0.25) is 0 Å². The fourth-order valence-corrected chi connectivity index (χ4v) is 3.31. The molecule has 2 aromatic rings. The highest BCUT2D eigenvalue weighted by atomic mass is 16.5.